The third-order valence-corrected chi connectivity index (χ3v) is 7.04. The number of halogens is 1. The van der Waals surface area contributed by atoms with Crippen molar-refractivity contribution in [2.45, 2.75) is 24.3 Å². The van der Waals surface area contributed by atoms with Crippen LogP contribution in [0, 0.1) is 0 Å². The molecule has 142 valence electrons. The topological polar surface area (TPSA) is 72.3 Å². The lowest BCUT2D eigenvalue weighted by Gasteiger charge is -2.27. The summed E-state index contributed by atoms with van der Waals surface area (Å²) in [5.41, 5.74) is 0.368. The zero-order chi connectivity index (χ0) is 19.8. The van der Waals surface area contributed by atoms with E-state index in [0.29, 0.717) is 23.1 Å². The third-order valence-electron chi connectivity index (χ3n) is 4.63. The summed E-state index contributed by atoms with van der Waals surface area (Å²) in [6, 6.07) is 13.0. The minimum atomic E-state index is -3.74. The van der Waals surface area contributed by atoms with E-state index in [0.717, 1.165) is 4.47 Å². The number of para-hydroxylation sites is 1. The van der Waals surface area contributed by atoms with Crippen molar-refractivity contribution in [3.05, 3.63) is 69.2 Å². The van der Waals surface area contributed by atoms with E-state index in [9.17, 15) is 13.2 Å². The Bertz CT molecular complexity index is 1140. The Balaban J connectivity index is 2.12. The number of aromatic nitrogens is 2. The first kappa shape index (κ1) is 19.7. The number of hydrogen-bond acceptors (Lipinski definition) is 4. The second-order valence-corrected chi connectivity index (χ2v) is 9.16. The van der Waals surface area contributed by atoms with Gasteiger partial charge in [0, 0.05) is 18.6 Å². The Morgan fingerprint density at radius 2 is 1.78 bits per heavy atom. The number of nitrogens with zero attached hydrogens (tertiary/aromatic N) is 3. The molecule has 2 aromatic carbocycles. The minimum absolute atomic E-state index is 0.191. The van der Waals surface area contributed by atoms with Crippen molar-refractivity contribution in [1.82, 2.24) is 13.9 Å². The Morgan fingerprint density at radius 3 is 2.41 bits per heavy atom. The largest absolute Gasteiger partial charge is 0.298 e. The first-order valence-electron chi connectivity index (χ1n) is 8.46. The molecule has 3 rings (SSSR count). The molecule has 1 aromatic heterocycles. The van der Waals surface area contributed by atoms with Crippen molar-refractivity contribution in [1.29, 1.82) is 0 Å². The number of sulfonamides is 1. The summed E-state index contributed by atoms with van der Waals surface area (Å²) in [7, 11) is -0.595. The number of benzene rings is 2. The van der Waals surface area contributed by atoms with Gasteiger partial charge in [0.25, 0.3) is 5.56 Å². The van der Waals surface area contributed by atoms with Crippen molar-refractivity contribution in [3.8, 4) is 0 Å². The van der Waals surface area contributed by atoms with E-state index in [1.54, 1.807) is 49.5 Å². The normalized spacial score (nSPS) is 13.2. The molecule has 0 aliphatic rings. The molecule has 0 amide bonds. The van der Waals surface area contributed by atoms with E-state index >= 15 is 0 Å². The Labute approximate surface area is 166 Å². The highest BCUT2D eigenvalue weighted by Crippen LogP contribution is 2.28. The molecule has 0 bridgehead atoms. The third kappa shape index (κ3) is 3.56. The van der Waals surface area contributed by atoms with E-state index in [-0.39, 0.29) is 10.5 Å². The summed E-state index contributed by atoms with van der Waals surface area (Å²) >= 11 is 3.31. The van der Waals surface area contributed by atoms with Crippen molar-refractivity contribution < 1.29 is 8.42 Å². The Hall–Kier alpha value is -2.03. The van der Waals surface area contributed by atoms with Crippen LogP contribution in [0.1, 0.15) is 25.2 Å². The van der Waals surface area contributed by atoms with Gasteiger partial charge in [-0.15, -0.1) is 0 Å². The molecule has 0 spiro atoms. The van der Waals surface area contributed by atoms with Crippen LogP contribution in [-0.2, 0) is 17.1 Å². The summed E-state index contributed by atoms with van der Waals surface area (Å²) in [6.45, 7) is 1.87. The van der Waals surface area contributed by atoms with E-state index in [2.05, 4.69) is 20.9 Å². The zero-order valence-corrected chi connectivity index (χ0v) is 17.7. The van der Waals surface area contributed by atoms with Gasteiger partial charge in [-0.1, -0.05) is 35.0 Å². The van der Waals surface area contributed by atoms with Gasteiger partial charge in [0.1, 0.15) is 5.82 Å². The predicted molar refractivity (Wildman–Crippen MR) is 109 cm³/mol. The van der Waals surface area contributed by atoms with Crippen molar-refractivity contribution in [2.75, 3.05) is 7.05 Å². The molecule has 1 unspecified atom stereocenters. The Morgan fingerprint density at radius 1 is 1.15 bits per heavy atom. The molecular weight excluding hydrogens is 430 g/mol. The average Bonchev–Trinajstić information content (AvgIpc) is 2.66. The summed E-state index contributed by atoms with van der Waals surface area (Å²) in [4.78, 5) is 17.5. The van der Waals surface area contributed by atoms with E-state index in [4.69, 9.17) is 0 Å². The van der Waals surface area contributed by atoms with Gasteiger partial charge >= 0.3 is 0 Å². The van der Waals surface area contributed by atoms with Crippen LogP contribution in [0.15, 0.2) is 62.7 Å². The lowest BCUT2D eigenvalue weighted by molar-refractivity contribution is 0.343. The maximum Gasteiger partial charge on any atom is 0.261 e. The van der Waals surface area contributed by atoms with Crippen LogP contribution in [-0.4, -0.2) is 29.3 Å². The lowest BCUT2D eigenvalue weighted by atomic mass is 10.2. The molecule has 0 fully saturated rings. The van der Waals surface area contributed by atoms with Gasteiger partial charge in [-0.2, -0.15) is 4.31 Å². The maximum absolute atomic E-state index is 13.1. The molecule has 0 saturated carbocycles. The quantitative estimate of drug-likeness (QED) is 0.597. The molecule has 3 aromatic rings. The first-order chi connectivity index (χ1) is 12.8. The van der Waals surface area contributed by atoms with Crippen LogP contribution >= 0.6 is 15.9 Å². The molecule has 1 heterocycles. The van der Waals surface area contributed by atoms with E-state index in [1.165, 1.54) is 15.9 Å². The number of fused-ring (bicyclic) bond motifs is 1. The van der Waals surface area contributed by atoms with E-state index < -0.39 is 16.1 Å². The number of rotatable bonds is 5. The van der Waals surface area contributed by atoms with Crippen molar-refractivity contribution in [3.63, 3.8) is 0 Å². The molecule has 1 atom stereocenters. The summed E-state index contributed by atoms with van der Waals surface area (Å²) in [5.74, 6) is 0.421. The molecule has 0 radical (unpaired) electrons. The SMILES string of the molecule is CCC(c1nc2ccccc2c(=O)n1C)N(C)S(=O)(=O)c1ccc(Br)cc1. The molecule has 0 aliphatic heterocycles. The number of hydrogen-bond donors (Lipinski definition) is 0. The van der Waals surface area contributed by atoms with Gasteiger partial charge in [-0.25, -0.2) is 13.4 Å². The summed E-state index contributed by atoms with van der Waals surface area (Å²) in [6.07, 6.45) is 0.477. The van der Waals surface area contributed by atoms with Crippen LogP contribution in [0.25, 0.3) is 10.9 Å². The highest BCUT2D eigenvalue weighted by Gasteiger charge is 2.30. The van der Waals surface area contributed by atoms with Crippen LogP contribution in [0.5, 0.6) is 0 Å². The molecule has 6 nitrogen and oxygen atoms in total. The second-order valence-electron chi connectivity index (χ2n) is 6.25. The first-order valence-corrected chi connectivity index (χ1v) is 10.7. The van der Waals surface area contributed by atoms with Gasteiger partial charge in [0.15, 0.2) is 0 Å². The average molecular weight is 450 g/mol. The minimum Gasteiger partial charge on any atom is -0.298 e. The standard InChI is InChI=1S/C19H20BrN3O3S/c1-4-17(23(3)27(25,26)14-11-9-13(20)10-12-14)18-21-16-8-6-5-7-15(16)19(24)22(18)2/h5-12,17H,4H2,1-3H3. The summed E-state index contributed by atoms with van der Waals surface area (Å²) < 4.78 is 29.7. The zero-order valence-electron chi connectivity index (χ0n) is 15.3. The molecule has 0 saturated heterocycles. The molecule has 0 N–H and O–H groups in total. The molecule has 8 heteroatoms. The highest BCUT2D eigenvalue weighted by molar-refractivity contribution is 9.10. The van der Waals surface area contributed by atoms with Crippen LogP contribution in [0.2, 0.25) is 0 Å². The summed E-state index contributed by atoms with van der Waals surface area (Å²) in [5, 5.41) is 0.511. The fourth-order valence-electron chi connectivity index (χ4n) is 3.08. The molecule has 0 aliphatic carbocycles. The van der Waals surface area contributed by atoms with Crippen molar-refractivity contribution >= 4 is 36.9 Å². The van der Waals surface area contributed by atoms with E-state index in [1.807, 2.05) is 13.0 Å². The molecular formula is C19H20BrN3O3S. The Kier molecular flexibility index (Phi) is 5.50. The fraction of sp³-hybridized carbons (Fsp3) is 0.263. The van der Waals surface area contributed by atoms with Crippen LogP contribution in [0.3, 0.4) is 0 Å². The second kappa shape index (κ2) is 7.53. The smallest absolute Gasteiger partial charge is 0.261 e. The monoisotopic (exact) mass is 449 g/mol. The van der Waals surface area contributed by atoms with Gasteiger partial charge in [-0.05, 0) is 42.8 Å². The molecule has 27 heavy (non-hydrogen) atoms. The van der Waals surface area contributed by atoms with Crippen LogP contribution < -0.4 is 5.56 Å². The maximum atomic E-state index is 13.1. The van der Waals surface area contributed by atoms with Gasteiger partial charge in [0.2, 0.25) is 10.0 Å². The van der Waals surface area contributed by atoms with Crippen LogP contribution in [0.4, 0.5) is 0 Å². The van der Waals surface area contributed by atoms with Gasteiger partial charge in [-0.3, -0.25) is 9.36 Å². The van der Waals surface area contributed by atoms with Gasteiger partial charge in [0.05, 0.1) is 21.8 Å². The lowest BCUT2D eigenvalue weighted by Crippen LogP contribution is -2.35. The predicted octanol–water partition coefficient (Wildman–Crippen LogP) is 3.47. The van der Waals surface area contributed by atoms with Crippen molar-refractivity contribution in [2.24, 2.45) is 7.05 Å². The van der Waals surface area contributed by atoms with Gasteiger partial charge < -0.3 is 0 Å². The highest BCUT2D eigenvalue weighted by atomic mass is 79.9. The fourth-order valence-corrected chi connectivity index (χ4v) is 4.73.